The van der Waals surface area contributed by atoms with E-state index in [1.807, 2.05) is 12.1 Å². The summed E-state index contributed by atoms with van der Waals surface area (Å²) >= 11 is 5.81. The molecule has 0 aliphatic rings. The third kappa shape index (κ3) is 3.73. The van der Waals surface area contributed by atoms with E-state index in [0.29, 0.717) is 17.3 Å². The minimum Gasteiger partial charge on any atom is -0.347 e. The molecule has 2 aromatic carbocycles. The van der Waals surface area contributed by atoms with Crippen LogP contribution in [0, 0.1) is 5.82 Å². The standard InChI is InChI=1S/C16H12ClFN4O/c17-12-3-1-11(2-4-12)9-19-16(23)15-10-22(21-20-15)14-7-5-13(18)6-8-14/h1-8,10H,9H2,(H,19,23). The molecule has 7 heteroatoms. The van der Waals surface area contributed by atoms with E-state index in [-0.39, 0.29) is 17.4 Å². The molecule has 0 saturated heterocycles. The maximum Gasteiger partial charge on any atom is 0.273 e. The first-order chi connectivity index (χ1) is 11.1. The van der Waals surface area contributed by atoms with Gasteiger partial charge in [0.05, 0.1) is 11.9 Å². The van der Waals surface area contributed by atoms with Crippen LogP contribution in [0.4, 0.5) is 4.39 Å². The number of nitrogens with zero attached hydrogens (tertiary/aromatic N) is 3. The lowest BCUT2D eigenvalue weighted by Gasteiger charge is -2.03. The van der Waals surface area contributed by atoms with Gasteiger partial charge < -0.3 is 5.32 Å². The predicted octanol–water partition coefficient (Wildman–Crippen LogP) is 2.99. The summed E-state index contributed by atoms with van der Waals surface area (Å²) in [5.74, 6) is -0.678. The zero-order chi connectivity index (χ0) is 16.2. The van der Waals surface area contributed by atoms with Crippen LogP contribution in [-0.4, -0.2) is 20.9 Å². The van der Waals surface area contributed by atoms with Crippen molar-refractivity contribution in [2.24, 2.45) is 0 Å². The van der Waals surface area contributed by atoms with Crippen LogP contribution in [-0.2, 0) is 6.54 Å². The van der Waals surface area contributed by atoms with Crippen molar-refractivity contribution in [2.45, 2.75) is 6.54 Å². The predicted molar refractivity (Wildman–Crippen MR) is 83.9 cm³/mol. The normalized spacial score (nSPS) is 10.5. The second-order valence-electron chi connectivity index (χ2n) is 4.83. The number of carbonyl (C=O) groups excluding carboxylic acids is 1. The van der Waals surface area contributed by atoms with Gasteiger partial charge in [0.2, 0.25) is 0 Å². The Labute approximate surface area is 136 Å². The molecule has 0 fully saturated rings. The van der Waals surface area contributed by atoms with Crippen LogP contribution in [0.15, 0.2) is 54.7 Å². The molecule has 0 aliphatic heterocycles. The first kappa shape index (κ1) is 15.2. The van der Waals surface area contributed by atoms with Gasteiger partial charge in [-0.25, -0.2) is 9.07 Å². The molecule has 1 aromatic heterocycles. The summed E-state index contributed by atoms with van der Waals surface area (Å²) in [6.07, 6.45) is 1.49. The van der Waals surface area contributed by atoms with Gasteiger partial charge in [-0.1, -0.05) is 28.9 Å². The summed E-state index contributed by atoms with van der Waals surface area (Å²) in [5, 5.41) is 11.1. The molecular formula is C16H12ClFN4O. The van der Waals surface area contributed by atoms with Gasteiger partial charge in [-0.2, -0.15) is 0 Å². The molecule has 0 saturated carbocycles. The van der Waals surface area contributed by atoms with Gasteiger partial charge in [-0.3, -0.25) is 4.79 Å². The van der Waals surface area contributed by atoms with Gasteiger partial charge in [-0.15, -0.1) is 5.10 Å². The highest BCUT2D eigenvalue weighted by Crippen LogP contribution is 2.10. The first-order valence-corrected chi connectivity index (χ1v) is 7.20. The number of rotatable bonds is 4. The zero-order valence-corrected chi connectivity index (χ0v) is 12.7. The highest BCUT2D eigenvalue weighted by atomic mass is 35.5. The van der Waals surface area contributed by atoms with Crippen molar-refractivity contribution in [1.29, 1.82) is 0 Å². The summed E-state index contributed by atoms with van der Waals surface area (Å²) in [6.45, 7) is 0.361. The number of nitrogens with one attached hydrogen (secondary N) is 1. The zero-order valence-electron chi connectivity index (χ0n) is 11.9. The van der Waals surface area contributed by atoms with Gasteiger partial charge in [-0.05, 0) is 42.0 Å². The fraction of sp³-hybridized carbons (Fsp3) is 0.0625. The molecule has 0 spiro atoms. The van der Waals surface area contributed by atoms with Crippen molar-refractivity contribution in [1.82, 2.24) is 20.3 Å². The third-order valence-electron chi connectivity index (χ3n) is 3.18. The van der Waals surface area contributed by atoms with E-state index in [4.69, 9.17) is 11.6 Å². The lowest BCUT2D eigenvalue weighted by Crippen LogP contribution is -2.23. The topological polar surface area (TPSA) is 59.8 Å². The number of hydrogen-bond donors (Lipinski definition) is 1. The quantitative estimate of drug-likeness (QED) is 0.800. The number of hydrogen-bond acceptors (Lipinski definition) is 3. The van der Waals surface area contributed by atoms with E-state index in [1.54, 1.807) is 24.3 Å². The molecule has 5 nitrogen and oxygen atoms in total. The van der Waals surface area contributed by atoms with Crippen LogP contribution >= 0.6 is 11.6 Å². The Morgan fingerprint density at radius 2 is 1.83 bits per heavy atom. The molecule has 0 aliphatic carbocycles. The van der Waals surface area contributed by atoms with Crippen LogP contribution in [0.3, 0.4) is 0 Å². The van der Waals surface area contributed by atoms with Gasteiger partial charge in [0, 0.05) is 11.6 Å². The fourth-order valence-electron chi connectivity index (χ4n) is 1.96. The molecule has 0 atom stereocenters. The van der Waals surface area contributed by atoms with Crippen LogP contribution in [0.25, 0.3) is 5.69 Å². The lowest BCUT2D eigenvalue weighted by molar-refractivity contribution is 0.0946. The Bertz CT molecular complexity index is 815. The Kier molecular flexibility index (Phi) is 4.34. The molecule has 23 heavy (non-hydrogen) atoms. The number of amides is 1. The molecule has 116 valence electrons. The van der Waals surface area contributed by atoms with E-state index in [0.717, 1.165) is 5.56 Å². The van der Waals surface area contributed by atoms with Crippen molar-refractivity contribution in [3.8, 4) is 5.69 Å². The Hall–Kier alpha value is -2.73. The average Bonchev–Trinajstić information content (AvgIpc) is 3.05. The van der Waals surface area contributed by atoms with Crippen molar-refractivity contribution >= 4 is 17.5 Å². The van der Waals surface area contributed by atoms with Crippen molar-refractivity contribution in [3.05, 3.63) is 76.8 Å². The highest BCUT2D eigenvalue weighted by Gasteiger charge is 2.11. The van der Waals surface area contributed by atoms with E-state index >= 15 is 0 Å². The van der Waals surface area contributed by atoms with Gasteiger partial charge in [0.1, 0.15) is 5.82 Å². The molecule has 1 amide bonds. The summed E-state index contributed by atoms with van der Waals surface area (Å²) in [6, 6.07) is 12.9. The van der Waals surface area contributed by atoms with Crippen LogP contribution in [0.1, 0.15) is 16.1 Å². The maximum atomic E-state index is 12.9. The van der Waals surface area contributed by atoms with E-state index in [1.165, 1.54) is 23.0 Å². The Morgan fingerprint density at radius 1 is 1.13 bits per heavy atom. The SMILES string of the molecule is O=C(NCc1ccc(Cl)cc1)c1cn(-c2ccc(F)cc2)nn1. The minimum atomic E-state index is -0.340. The third-order valence-corrected chi connectivity index (χ3v) is 3.44. The fourth-order valence-corrected chi connectivity index (χ4v) is 2.09. The molecule has 3 rings (SSSR count). The van der Waals surface area contributed by atoms with E-state index < -0.39 is 0 Å². The second-order valence-corrected chi connectivity index (χ2v) is 5.27. The molecule has 0 unspecified atom stereocenters. The van der Waals surface area contributed by atoms with E-state index in [2.05, 4.69) is 15.6 Å². The molecule has 0 bridgehead atoms. The van der Waals surface area contributed by atoms with Gasteiger partial charge >= 0.3 is 0 Å². The monoisotopic (exact) mass is 330 g/mol. The number of carbonyl (C=O) groups is 1. The van der Waals surface area contributed by atoms with Crippen molar-refractivity contribution in [3.63, 3.8) is 0 Å². The second kappa shape index (κ2) is 6.58. The van der Waals surface area contributed by atoms with E-state index in [9.17, 15) is 9.18 Å². The largest absolute Gasteiger partial charge is 0.347 e. The summed E-state index contributed by atoms with van der Waals surface area (Å²) in [5.41, 5.74) is 1.73. The van der Waals surface area contributed by atoms with Crippen molar-refractivity contribution in [2.75, 3.05) is 0 Å². The highest BCUT2D eigenvalue weighted by molar-refractivity contribution is 6.30. The summed E-state index contributed by atoms with van der Waals surface area (Å²) < 4.78 is 14.3. The average molecular weight is 331 g/mol. The molecule has 1 heterocycles. The maximum absolute atomic E-state index is 12.9. The first-order valence-electron chi connectivity index (χ1n) is 6.83. The smallest absolute Gasteiger partial charge is 0.273 e. The molecular weight excluding hydrogens is 319 g/mol. The van der Waals surface area contributed by atoms with Crippen LogP contribution in [0.5, 0.6) is 0 Å². The Morgan fingerprint density at radius 3 is 2.52 bits per heavy atom. The lowest BCUT2D eigenvalue weighted by atomic mass is 10.2. The van der Waals surface area contributed by atoms with Crippen LogP contribution in [0.2, 0.25) is 5.02 Å². The van der Waals surface area contributed by atoms with Crippen molar-refractivity contribution < 1.29 is 9.18 Å². The number of benzene rings is 2. The molecule has 1 N–H and O–H groups in total. The van der Waals surface area contributed by atoms with Gasteiger partial charge in [0.25, 0.3) is 5.91 Å². The summed E-state index contributed by atoms with van der Waals surface area (Å²) in [4.78, 5) is 12.1. The molecule has 3 aromatic rings. The number of aromatic nitrogens is 3. The Balaban J connectivity index is 1.66. The minimum absolute atomic E-state index is 0.184. The van der Waals surface area contributed by atoms with Crippen LogP contribution < -0.4 is 5.32 Å². The number of halogens is 2. The summed E-state index contributed by atoms with van der Waals surface area (Å²) in [7, 11) is 0. The van der Waals surface area contributed by atoms with Gasteiger partial charge in [0.15, 0.2) is 5.69 Å². The molecule has 0 radical (unpaired) electrons.